The number of hydrogen-bond acceptors (Lipinski definition) is 5. The van der Waals surface area contributed by atoms with E-state index in [0.717, 1.165) is 31.6 Å². The van der Waals surface area contributed by atoms with Crippen molar-refractivity contribution in [1.29, 1.82) is 0 Å². The van der Waals surface area contributed by atoms with E-state index in [0.29, 0.717) is 27.1 Å². The van der Waals surface area contributed by atoms with Crippen molar-refractivity contribution in [3.05, 3.63) is 28.1 Å². The molecule has 1 aromatic carbocycles. The zero-order valence-electron chi connectivity index (χ0n) is 12.3. The van der Waals surface area contributed by atoms with Crippen LogP contribution in [0.4, 0.5) is 0 Å². The Morgan fingerprint density at radius 2 is 2.14 bits per heavy atom. The first-order valence-electron chi connectivity index (χ1n) is 7.41. The molecule has 118 valence electrons. The molecule has 1 heterocycles. The van der Waals surface area contributed by atoms with Gasteiger partial charge in [0.05, 0.1) is 12.7 Å². The number of fused-ring (bicyclic) bond motifs is 1. The maximum atomic E-state index is 11.7. The second-order valence-electron chi connectivity index (χ2n) is 5.74. The number of rotatable bonds is 3. The normalized spacial score (nSPS) is 22.0. The van der Waals surface area contributed by atoms with E-state index in [-0.39, 0.29) is 12.5 Å². The van der Waals surface area contributed by atoms with E-state index in [4.69, 9.17) is 9.15 Å². The van der Waals surface area contributed by atoms with Crippen LogP contribution in [0.25, 0.3) is 11.1 Å². The Hall–Kier alpha value is -1.40. The lowest BCUT2D eigenvalue weighted by Gasteiger charge is -2.24. The van der Waals surface area contributed by atoms with E-state index in [9.17, 15) is 9.90 Å². The Bertz CT molecular complexity index is 689. The molecule has 0 atom stereocenters. The van der Waals surface area contributed by atoms with E-state index < -0.39 is 5.97 Å². The lowest BCUT2D eigenvalue weighted by molar-refractivity contribution is 0.0600. The molecule has 0 spiro atoms. The molecular weight excluding hydrogens is 350 g/mol. The Labute approximate surface area is 136 Å². The number of aliphatic hydroxyl groups excluding tert-OH is 1. The number of esters is 1. The van der Waals surface area contributed by atoms with Crippen molar-refractivity contribution in [2.45, 2.75) is 31.6 Å². The summed E-state index contributed by atoms with van der Waals surface area (Å²) in [6, 6.07) is 3.45. The summed E-state index contributed by atoms with van der Waals surface area (Å²) in [6.45, 7) is 0.260. The molecule has 1 fully saturated rings. The molecule has 0 radical (unpaired) electrons. The molecule has 1 aromatic heterocycles. The minimum absolute atomic E-state index is 0.260. The number of carbonyl (C=O) groups excluding carboxylic acids is 1. The SMILES string of the molecule is COC(=O)c1cc2nc(C3CCC(CO)CC3)oc2cc1Br. The predicted molar refractivity (Wildman–Crippen MR) is 84.8 cm³/mol. The second-order valence-corrected chi connectivity index (χ2v) is 6.60. The van der Waals surface area contributed by atoms with Crippen LogP contribution < -0.4 is 0 Å². The first-order valence-corrected chi connectivity index (χ1v) is 8.20. The number of hydrogen-bond donors (Lipinski definition) is 1. The van der Waals surface area contributed by atoms with E-state index in [1.807, 2.05) is 0 Å². The zero-order chi connectivity index (χ0) is 15.7. The fourth-order valence-electron chi connectivity index (χ4n) is 3.00. The molecule has 3 rings (SSSR count). The number of carbonyl (C=O) groups is 1. The summed E-state index contributed by atoms with van der Waals surface area (Å²) in [5.74, 6) is 1.01. The molecule has 1 aliphatic carbocycles. The minimum atomic E-state index is -0.401. The van der Waals surface area contributed by atoms with E-state index in [1.165, 1.54) is 7.11 Å². The Morgan fingerprint density at radius 3 is 2.77 bits per heavy atom. The molecule has 0 unspecified atom stereocenters. The van der Waals surface area contributed by atoms with E-state index in [2.05, 4.69) is 20.9 Å². The first-order chi connectivity index (χ1) is 10.6. The lowest BCUT2D eigenvalue weighted by atomic mass is 9.82. The van der Waals surface area contributed by atoms with Gasteiger partial charge in [-0.05, 0) is 59.7 Å². The number of benzene rings is 1. The van der Waals surface area contributed by atoms with Gasteiger partial charge in [-0.3, -0.25) is 0 Å². The van der Waals surface area contributed by atoms with Crippen LogP contribution in [0, 0.1) is 5.92 Å². The van der Waals surface area contributed by atoms with Crippen LogP contribution in [0.2, 0.25) is 0 Å². The largest absolute Gasteiger partial charge is 0.465 e. The highest BCUT2D eigenvalue weighted by atomic mass is 79.9. The van der Waals surface area contributed by atoms with Crippen molar-refractivity contribution >= 4 is 33.0 Å². The first kappa shape index (κ1) is 15.5. The predicted octanol–water partition coefficient (Wildman–Crippen LogP) is 3.64. The molecule has 6 heteroatoms. The third-order valence-electron chi connectivity index (χ3n) is 4.35. The molecule has 0 aliphatic heterocycles. The standard InChI is InChI=1S/C16H18BrNO4/c1-21-16(20)11-6-13-14(7-12(11)17)22-15(18-13)10-4-2-9(8-19)3-5-10/h6-7,9-10,19H,2-5,8H2,1H3. The molecule has 0 bridgehead atoms. The molecule has 1 aliphatic rings. The highest BCUT2D eigenvalue weighted by molar-refractivity contribution is 9.10. The number of halogens is 1. The Kier molecular flexibility index (Phi) is 4.49. The summed E-state index contributed by atoms with van der Waals surface area (Å²) < 4.78 is 11.3. The molecule has 0 saturated heterocycles. The van der Waals surface area contributed by atoms with Gasteiger partial charge in [0.2, 0.25) is 0 Å². The average molecular weight is 368 g/mol. The molecule has 1 N–H and O–H groups in total. The van der Waals surface area contributed by atoms with Gasteiger partial charge in [-0.1, -0.05) is 0 Å². The molecule has 2 aromatic rings. The quantitative estimate of drug-likeness (QED) is 0.838. The van der Waals surface area contributed by atoms with Gasteiger partial charge < -0.3 is 14.3 Å². The Morgan fingerprint density at radius 1 is 1.41 bits per heavy atom. The monoisotopic (exact) mass is 367 g/mol. The summed E-state index contributed by atoms with van der Waals surface area (Å²) in [5, 5.41) is 9.21. The third-order valence-corrected chi connectivity index (χ3v) is 5.01. The van der Waals surface area contributed by atoms with Gasteiger partial charge in [0, 0.05) is 17.0 Å². The number of oxazole rings is 1. The minimum Gasteiger partial charge on any atom is -0.465 e. The van der Waals surface area contributed by atoms with Crippen LogP contribution in [0.1, 0.15) is 47.8 Å². The molecule has 22 heavy (non-hydrogen) atoms. The van der Waals surface area contributed by atoms with Crippen LogP contribution in [0.3, 0.4) is 0 Å². The van der Waals surface area contributed by atoms with Gasteiger partial charge in [-0.25, -0.2) is 9.78 Å². The van der Waals surface area contributed by atoms with Crippen LogP contribution in [0.15, 0.2) is 21.0 Å². The van der Waals surface area contributed by atoms with Gasteiger partial charge in [-0.15, -0.1) is 0 Å². The summed E-state index contributed by atoms with van der Waals surface area (Å²) in [6.07, 6.45) is 3.94. The van der Waals surface area contributed by atoms with Crippen molar-refractivity contribution in [3.8, 4) is 0 Å². The lowest BCUT2D eigenvalue weighted by Crippen LogP contribution is -2.16. The molecule has 0 amide bonds. The van der Waals surface area contributed by atoms with Crippen molar-refractivity contribution in [3.63, 3.8) is 0 Å². The molecular formula is C16H18BrNO4. The van der Waals surface area contributed by atoms with Crippen LogP contribution in [-0.4, -0.2) is 29.8 Å². The van der Waals surface area contributed by atoms with E-state index >= 15 is 0 Å². The fraction of sp³-hybridized carbons (Fsp3) is 0.500. The summed E-state index contributed by atoms with van der Waals surface area (Å²) in [4.78, 5) is 16.3. The number of ether oxygens (including phenoxy) is 1. The fourth-order valence-corrected chi connectivity index (χ4v) is 3.48. The second kappa shape index (κ2) is 6.38. The van der Waals surface area contributed by atoms with Gasteiger partial charge in [-0.2, -0.15) is 0 Å². The highest BCUT2D eigenvalue weighted by Crippen LogP contribution is 2.37. The average Bonchev–Trinajstić information content (AvgIpc) is 2.96. The maximum absolute atomic E-state index is 11.7. The van der Waals surface area contributed by atoms with Crippen molar-refractivity contribution < 1.29 is 19.1 Å². The van der Waals surface area contributed by atoms with Crippen molar-refractivity contribution in [2.24, 2.45) is 5.92 Å². The van der Waals surface area contributed by atoms with Crippen LogP contribution in [-0.2, 0) is 4.74 Å². The smallest absolute Gasteiger partial charge is 0.339 e. The highest BCUT2D eigenvalue weighted by Gasteiger charge is 2.26. The zero-order valence-corrected chi connectivity index (χ0v) is 13.9. The topological polar surface area (TPSA) is 72.6 Å². The van der Waals surface area contributed by atoms with Crippen molar-refractivity contribution in [2.75, 3.05) is 13.7 Å². The van der Waals surface area contributed by atoms with Gasteiger partial charge in [0.1, 0.15) is 5.52 Å². The van der Waals surface area contributed by atoms with E-state index in [1.54, 1.807) is 12.1 Å². The van der Waals surface area contributed by atoms with Crippen LogP contribution in [0.5, 0.6) is 0 Å². The van der Waals surface area contributed by atoms with Crippen LogP contribution >= 0.6 is 15.9 Å². The van der Waals surface area contributed by atoms with Gasteiger partial charge in [0.15, 0.2) is 11.5 Å². The maximum Gasteiger partial charge on any atom is 0.339 e. The summed E-state index contributed by atoms with van der Waals surface area (Å²) >= 11 is 3.36. The number of methoxy groups -OCH3 is 1. The molecule has 5 nitrogen and oxygen atoms in total. The summed E-state index contributed by atoms with van der Waals surface area (Å²) in [7, 11) is 1.35. The number of aromatic nitrogens is 1. The molecule has 1 saturated carbocycles. The number of aliphatic hydroxyl groups is 1. The third kappa shape index (κ3) is 2.90. The van der Waals surface area contributed by atoms with Gasteiger partial charge in [0.25, 0.3) is 0 Å². The number of nitrogens with zero attached hydrogens (tertiary/aromatic N) is 1. The van der Waals surface area contributed by atoms with Crippen molar-refractivity contribution in [1.82, 2.24) is 4.98 Å². The Balaban J connectivity index is 1.88. The summed E-state index contributed by atoms with van der Waals surface area (Å²) in [5.41, 5.74) is 1.78. The van der Waals surface area contributed by atoms with Gasteiger partial charge >= 0.3 is 5.97 Å².